The molecule has 0 saturated heterocycles. The fraction of sp³-hybridized carbons (Fsp3) is 0.125. The molecule has 1 heterocycles. The SMILES string of the molecule is COc1ccc2nc(-c3ccc(NC(C)=O)c(Cl)c3)sc2c1. The number of methoxy groups -OCH3 is 1. The van der Waals surface area contributed by atoms with Gasteiger partial charge >= 0.3 is 0 Å². The number of nitrogens with zero attached hydrogens (tertiary/aromatic N) is 1. The minimum atomic E-state index is -0.151. The van der Waals surface area contributed by atoms with Crippen molar-refractivity contribution in [1.29, 1.82) is 0 Å². The van der Waals surface area contributed by atoms with Gasteiger partial charge in [-0.1, -0.05) is 11.6 Å². The summed E-state index contributed by atoms with van der Waals surface area (Å²) in [6.45, 7) is 1.45. The molecule has 0 aliphatic rings. The van der Waals surface area contributed by atoms with Gasteiger partial charge in [0.2, 0.25) is 5.91 Å². The molecule has 0 atom stereocenters. The first kappa shape index (κ1) is 14.8. The molecule has 0 saturated carbocycles. The molecule has 0 fully saturated rings. The number of fused-ring (bicyclic) bond motifs is 1. The summed E-state index contributed by atoms with van der Waals surface area (Å²) in [4.78, 5) is 15.7. The van der Waals surface area contributed by atoms with Crippen molar-refractivity contribution in [2.24, 2.45) is 0 Å². The van der Waals surface area contributed by atoms with E-state index >= 15 is 0 Å². The van der Waals surface area contributed by atoms with Crippen LogP contribution in [0.5, 0.6) is 5.75 Å². The van der Waals surface area contributed by atoms with E-state index in [1.807, 2.05) is 30.3 Å². The summed E-state index contributed by atoms with van der Waals surface area (Å²) in [5.41, 5.74) is 2.43. The van der Waals surface area contributed by atoms with E-state index in [4.69, 9.17) is 16.3 Å². The minimum absolute atomic E-state index is 0.151. The lowest BCUT2D eigenvalue weighted by Crippen LogP contribution is -2.05. The van der Waals surface area contributed by atoms with Crippen molar-refractivity contribution in [1.82, 2.24) is 4.98 Å². The number of hydrogen-bond acceptors (Lipinski definition) is 4. The highest BCUT2D eigenvalue weighted by Crippen LogP contribution is 2.35. The Morgan fingerprint density at radius 3 is 2.77 bits per heavy atom. The predicted octanol–water partition coefficient (Wildman–Crippen LogP) is 4.58. The number of ether oxygens (including phenoxy) is 1. The van der Waals surface area contributed by atoms with Crippen molar-refractivity contribution >= 4 is 44.7 Å². The third kappa shape index (κ3) is 2.91. The van der Waals surface area contributed by atoms with Gasteiger partial charge in [0, 0.05) is 12.5 Å². The molecule has 3 aromatic rings. The predicted molar refractivity (Wildman–Crippen MR) is 90.9 cm³/mol. The summed E-state index contributed by atoms with van der Waals surface area (Å²) < 4.78 is 6.28. The average molecular weight is 333 g/mol. The van der Waals surface area contributed by atoms with E-state index in [0.29, 0.717) is 10.7 Å². The topological polar surface area (TPSA) is 51.2 Å². The van der Waals surface area contributed by atoms with Crippen LogP contribution in [0.3, 0.4) is 0 Å². The fourth-order valence-corrected chi connectivity index (χ4v) is 3.31. The van der Waals surface area contributed by atoms with Crippen LogP contribution in [0.1, 0.15) is 6.92 Å². The Kier molecular flexibility index (Phi) is 4.00. The standard InChI is InChI=1S/C16H13ClN2O2S/c1-9(20)18-13-5-3-10(7-12(13)17)16-19-14-6-4-11(21-2)8-15(14)22-16/h3-8H,1-2H3,(H,18,20). The van der Waals surface area contributed by atoms with Gasteiger partial charge in [0.05, 0.1) is 28.0 Å². The van der Waals surface area contributed by atoms with Crippen LogP contribution >= 0.6 is 22.9 Å². The quantitative estimate of drug-likeness (QED) is 0.763. The van der Waals surface area contributed by atoms with Crippen LogP contribution in [0.2, 0.25) is 5.02 Å². The molecule has 6 heteroatoms. The Morgan fingerprint density at radius 2 is 2.09 bits per heavy atom. The molecule has 0 bridgehead atoms. The molecule has 0 spiro atoms. The monoisotopic (exact) mass is 332 g/mol. The summed E-state index contributed by atoms with van der Waals surface area (Å²) in [5, 5.41) is 4.05. The number of benzene rings is 2. The lowest BCUT2D eigenvalue weighted by atomic mass is 10.2. The number of halogens is 1. The molecule has 112 valence electrons. The second-order valence-electron chi connectivity index (χ2n) is 4.73. The molecule has 0 aliphatic carbocycles. The van der Waals surface area contributed by atoms with Crippen molar-refractivity contribution in [3.05, 3.63) is 41.4 Å². The van der Waals surface area contributed by atoms with Crippen LogP contribution in [-0.2, 0) is 4.79 Å². The van der Waals surface area contributed by atoms with E-state index in [2.05, 4.69) is 10.3 Å². The Hall–Kier alpha value is -2.11. The summed E-state index contributed by atoms with van der Waals surface area (Å²) >= 11 is 7.78. The van der Waals surface area contributed by atoms with Gasteiger partial charge < -0.3 is 10.1 Å². The van der Waals surface area contributed by atoms with Gasteiger partial charge in [-0.25, -0.2) is 4.98 Å². The summed E-state index contributed by atoms with van der Waals surface area (Å²) in [6.07, 6.45) is 0. The maximum Gasteiger partial charge on any atom is 0.221 e. The smallest absolute Gasteiger partial charge is 0.221 e. The van der Waals surface area contributed by atoms with Crippen molar-refractivity contribution < 1.29 is 9.53 Å². The first-order chi connectivity index (χ1) is 10.6. The van der Waals surface area contributed by atoms with E-state index in [9.17, 15) is 4.79 Å². The molecular weight excluding hydrogens is 320 g/mol. The van der Waals surface area contributed by atoms with Gasteiger partial charge in [0.1, 0.15) is 10.8 Å². The molecule has 0 aliphatic heterocycles. The van der Waals surface area contributed by atoms with Gasteiger partial charge in [-0.05, 0) is 36.4 Å². The van der Waals surface area contributed by atoms with Crippen LogP contribution in [0, 0.1) is 0 Å². The van der Waals surface area contributed by atoms with Crippen molar-refractivity contribution in [2.45, 2.75) is 6.92 Å². The van der Waals surface area contributed by atoms with Crippen LogP contribution in [0.25, 0.3) is 20.8 Å². The first-order valence-electron chi connectivity index (χ1n) is 6.59. The van der Waals surface area contributed by atoms with E-state index in [-0.39, 0.29) is 5.91 Å². The van der Waals surface area contributed by atoms with Crippen LogP contribution < -0.4 is 10.1 Å². The Balaban J connectivity index is 2.00. The number of anilines is 1. The normalized spacial score (nSPS) is 10.7. The fourth-order valence-electron chi connectivity index (χ4n) is 2.09. The Labute approximate surface area is 136 Å². The number of thiazole rings is 1. The highest BCUT2D eigenvalue weighted by Gasteiger charge is 2.10. The highest BCUT2D eigenvalue weighted by atomic mass is 35.5. The zero-order valence-electron chi connectivity index (χ0n) is 12.0. The van der Waals surface area contributed by atoms with Gasteiger partial charge in [-0.2, -0.15) is 0 Å². The third-order valence-corrected chi connectivity index (χ3v) is 4.50. The molecular formula is C16H13ClN2O2S. The number of carbonyl (C=O) groups excluding carboxylic acids is 1. The molecule has 1 amide bonds. The zero-order chi connectivity index (χ0) is 15.7. The number of carbonyl (C=O) groups is 1. The molecule has 0 unspecified atom stereocenters. The number of nitrogens with one attached hydrogen (secondary N) is 1. The maximum absolute atomic E-state index is 11.1. The highest BCUT2D eigenvalue weighted by molar-refractivity contribution is 7.21. The van der Waals surface area contributed by atoms with Crippen LogP contribution in [-0.4, -0.2) is 18.0 Å². The van der Waals surface area contributed by atoms with Crippen LogP contribution in [0.4, 0.5) is 5.69 Å². The van der Waals surface area contributed by atoms with Gasteiger partial charge in [0.15, 0.2) is 0 Å². The Bertz CT molecular complexity index is 860. The number of rotatable bonds is 3. The molecule has 1 aromatic heterocycles. The van der Waals surface area contributed by atoms with Crippen LogP contribution in [0.15, 0.2) is 36.4 Å². The Morgan fingerprint density at radius 1 is 1.27 bits per heavy atom. The van der Waals surface area contributed by atoms with E-state index in [1.165, 1.54) is 6.92 Å². The average Bonchev–Trinajstić information content (AvgIpc) is 2.91. The number of aromatic nitrogens is 1. The zero-order valence-corrected chi connectivity index (χ0v) is 13.6. The third-order valence-electron chi connectivity index (χ3n) is 3.12. The van der Waals surface area contributed by atoms with Crippen molar-refractivity contribution in [3.63, 3.8) is 0 Å². The van der Waals surface area contributed by atoms with Gasteiger partial charge in [-0.15, -0.1) is 11.3 Å². The number of hydrogen-bond donors (Lipinski definition) is 1. The largest absolute Gasteiger partial charge is 0.497 e. The van der Waals surface area contributed by atoms with E-state index < -0.39 is 0 Å². The first-order valence-corrected chi connectivity index (χ1v) is 7.78. The molecule has 4 nitrogen and oxygen atoms in total. The molecule has 0 radical (unpaired) electrons. The maximum atomic E-state index is 11.1. The van der Waals surface area contributed by atoms with Gasteiger partial charge in [-0.3, -0.25) is 4.79 Å². The summed E-state index contributed by atoms with van der Waals surface area (Å²) in [7, 11) is 1.64. The molecule has 2 aromatic carbocycles. The van der Waals surface area contributed by atoms with E-state index in [0.717, 1.165) is 26.5 Å². The molecule has 3 rings (SSSR count). The number of amides is 1. The van der Waals surface area contributed by atoms with Crippen molar-refractivity contribution in [3.8, 4) is 16.3 Å². The minimum Gasteiger partial charge on any atom is -0.497 e. The van der Waals surface area contributed by atoms with Crippen molar-refractivity contribution in [2.75, 3.05) is 12.4 Å². The summed E-state index contributed by atoms with van der Waals surface area (Å²) in [5.74, 6) is 0.656. The second-order valence-corrected chi connectivity index (χ2v) is 6.17. The van der Waals surface area contributed by atoms with Gasteiger partial charge in [0.25, 0.3) is 0 Å². The summed E-state index contributed by atoms with van der Waals surface area (Å²) in [6, 6.07) is 11.3. The molecule has 22 heavy (non-hydrogen) atoms. The second kappa shape index (κ2) is 5.94. The molecule has 1 N–H and O–H groups in total. The lowest BCUT2D eigenvalue weighted by Gasteiger charge is -2.05. The van der Waals surface area contributed by atoms with E-state index in [1.54, 1.807) is 24.5 Å². The lowest BCUT2D eigenvalue weighted by molar-refractivity contribution is -0.114.